The number of hydrogen-bond acceptors (Lipinski definition) is 3. The van der Waals surface area contributed by atoms with Gasteiger partial charge in [0.1, 0.15) is 5.78 Å². The van der Waals surface area contributed by atoms with Crippen molar-refractivity contribution in [2.24, 2.45) is 5.73 Å². The van der Waals surface area contributed by atoms with E-state index in [1.165, 1.54) is 0 Å². The van der Waals surface area contributed by atoms with Crippen molar-refractivity contribution in [1.82, 2.24) is 0 Å². The molecule has 3 heteroatoms. The van der Waals surface area contributed by atoms with Crippen molar-refractivity contribution in [1.29, 1.82) is 0 Å². The number of carbonyl (C=O) groups is 1. The van der Waals surface area contributed by atoms with E-state index in [0.717, 1.165) is 6.42 Å². The first-order valence-corrected chi connectivity index (χ1v) is 5.61. The predicted molar refractivity (Wildman–Crippen MR) is 62.8 cm³/mol. The molecule has 0 radical (unpaired) electrons. The molecule has 0 aliphatic rings. The van der Waals surface area contributed by atoms with E-state index in [-0.39, 0.29) is 16.9 Å². The second-order valence-electron chi connectivity index (χ2n) is 5.42. The summed E-state index contributed by atoms with van der Waals surface area (Å²) in [4.78, 5) is 11.3. The van der Waals surface area contributed by atoms with Gasteiger partial charge in [-0.25, -0.2) is 0 Å². The van der Waals surface area contributed by atoms with E-state index >= 15 is 0 Å². The first kappa shape index (κ1) is 14.6. The summed E-state index contributed by atoms with van der Waals surface area (Å²) in [6, 6.07) is 0. The molecule has 0 heterocycles. The van der Waals surface area contributed by atoms with E-state index in [1.807, 2.05) is 34.6 Å². The minimum Gasteiger partial charge on any atom is -0.375 e. The van der Waals surface area contributed by atoms with E-state index in [1.54, 1.807) is 0 Å². The molecule has 3 nitrogen and oxygen atoms in total. The summed E-state index contributed by atoms with van der Waals surface area (Å²) in [7, 11) is 0. The second-order valence-corrected chi connectivity index (χ2v) is 5.42. The molecule has 0 aromatic rings. The van der Waals surface area contributed by atoms with Crippen LogP contribution < -0.4 is 5.73 Å². The monoisotopic (exact) mass is 215 g/mol. The molecule has 2 N–H and O–H groups in total. The van der Waals surface area contributed by atoms with Crippen molar-refractivity contribution >= 4 is 5.78 Å². The van der Waals surface area contributed by atoms with Gasteiger partial charge in [-0.3, -0.25) is 4.79 Å². The number of hydrogen-bond donors (Lipinski definition) is 1. The highest BCUT2D eigenvalue weighted by Crippen LogP contribution is 2.17. The minimum absolute atomic E-state index is 0.204. The molecule has 0 bridgehead atoms. The van der Waals surface area contributed by atoms with Crippen LogP contribution in [0.25, 0.3) is 0 Å². The van der Waals surface area contributed by atoms with E-state index < -0.39 is 0 Å². The molecule has 0 rings (SSSR count). The summed E-state index contributed by atoms with van der Waals surface area (Å²) in [5.74, 6) is 0.243. The largest absolute Gasteiger partial charge is 0.375 e. The lowest BCUT2D eigenvalue weighted by Crippen LogP contribution is -2.36. The van der Waals surface area contributed by atoms with Gasteiger partial charge < -0.3 is 10.5 Å². The van der Waals surface area contributed by atoms with Gasteiger partial charge in [-0.2, -0.15) is 0 Å². The summed E-state index contributed by atoms with van der Waals surface area (Å²) in [6.45, 7) is 10.3. The third-order valence-corrected chi connectivity index (χ3v) is 2.26. The molecule has 0 unspecified atom stereocenters. The van der Waals surface area contributed by atoms with Gasteiger partial charge in [0.2, 0.25) is 0 Å². The van der Waals surface area contributed by atoms with Gasteiger partial charge in [0, 0.05) is 25.0 Å². The first-order chi connectivity index (χ1) is 6.66. The van der Waals surface area contributed by atoms with Gasteiger partial charge in [0.15, 0.2) is 0 Å². The Kier molecular flexibility index (Phi) is 5.46. The third-order valence-electron chi connectivity index (χ3n) is 2.26. The van der Waals surface area contributed by atoms with E-state index in [9.17, 15) is 4.79 Å². The van der Waals surface area contributed by atoms with Crippen LogP contribution in [0.4, 0.5) is 0 Å². The van der Waals surface area contributed by atoms with Crippen molar-refractivity contribution in [2.45, 2.75) is 65.0 Å². The molecule has 0 saturated carbocycles. The molecule has 0 fully saturated rings. The summed E-state index contributed by atoms with van der Waals surface area (Å²) in [5, 5.41) is 0. The Morgan fingerprint density at radius 2 is 1.80 bits per heavy atom. The molecule has 0 amide bonds. The van der Waals surface area contributed by atoms with Gasteiger partial charge in [-0.15, -0.1) is 0 Å². The zero-order valence-corrected chi connectivity index (χ0v) is 10.7. The zero-order chi connectivity index (χ0) is 12.1. The van der Waals surface area contributed by atoms with Crippen molar-refractivity contribution in [2.75, 3.05) is 6.61 Å². The normalized spacial score (nSPS) is 12.9. The molecule has 0 spiro atoms. The second kappa shape index (κ2) is 5.61. The average molecular weight is 215 g/mol. The van der Waals surface area contributed by atoms with E-state index in [2.05, 4.69) is 0 Å². The van der Waals surface area contributed by atoms with Crippen molar-refractivity contribution in [3.05, 3.63) is 0 Å². The van der Waals surface area contributed by atoms with Crippen LogP contribution in [0.2, 0.25) is 0 Å². The van der Waals surface area contributed by atoms with Crippen LogP contribution in [0.5, 0.6) is 0 Å². The Bertz CT molecular complexity index is 204. The van der Waals surface area contributed by atoms with Crippen LogP contribution >= 0.6 is 0 Å². The molecule has 0 aromatic heterocycles. The zero-order valence-electron chi connectivity index (χ0n) is 10.7. The number of ketones is 1. The summed E-state index contributed by atoms with van der Waals surface area (Å²) < 4.78 is 5.68. The lowest BCUT2D eigenvalue weighted by atomic mass is 9.99. The number of rotatable bonds is 7. The van der Waals surface area contributed by atoms with Gasteiger partial charge in [0.05, 0.1) is 5.60 Å². The lowest BCUT2D eigenvalue weighted by molar-refractivity contribution is -0.125. The number of Topliss-reactive ketones (excluding diaryl/α,β-unsaturated/α-hetero) is 1. The molecule has 90 valence electrons. The lowest BCUT2D eigenvalue weighted by Gasteiger charge is -2.27. The Hall–Kier alpha value is -0.410. The van der Waals surface area contributed by atoms with Crippen LogP contribution in [-0.4, -0.2) is 23.5 Å². The molecule has 0 saturated heterocycles. The molecule has 0 aliphatic heterocycles. The van der Waals surface area contributed by atoms with Gasteiger partial charge in [-0.1, -0.05) is 6.92 Å². The molecular weight excluding hydrogens is 190 g/mol. The Labute approximate surface area is 93.4 Å². The van der Waals surface area contributed by atoms with Crippen LogP contribution in [0, 0.1) is 0 Å². The quantitative estimate of drug-likeness (QED) is 0.709. The Morgan fingerprint density at radius 1 is 1.27 bits per heavy atom. The topological polar surface area (TPSA) is 52.3 Å². The summed E-state index contributed by atoms with van der Waals surface area (Å²) in [6.07, 6.45) is 1.86. The number of ether oxygens (including phenoxy) is 1. The maximum atomic E-state index is 11.3. The van der Waals surface area contributed by atoms with Gasteiger partial charge >= 0.3 is 0 Å². The fourth-order valence-corrected chi connectivity index (χ4v) is 1.24. The fourth-order valence-electron chi connectivity index (χ4n) is 1.24. The molecular formula is C12H25NO2. The average Bonchev–Trinajstić information content (AvgIpc) is 2.00. The van der Waals surface area contributed by atoms with E-state index in [0.29, 0.717) is 19.4 Å². The van der Waals surface area contributed by atoms with Crippen LogP contribution in [0.3, 0.4) is 0 Å². The number of nitrogens with two attached hydrogens (primary N) is 1. The van der Waals surface area contributed by atoms with Gasteiger partial charge in [0.25, 0.3) is 0 Å². The first-order valence-electron chi connectivity index (χ1n) is 5.61. The highest BCUT2D eigenvalue weighted by molar-refractivity contribution is 5.78. The molecule has 0 aliphatic carbocycles. The SMILES string of the molecule is CCC(=O)CC(C)(C)OCCC(C)(C)N. The highest BCUT2D eigenvalue weighted by atomic mass is 16.5. The maximum Gasteiger partial charge on any atom is 0.135 e. The highest BCUT2D eigenvalue weighted by Gasteiger charge is 2.22. The molecule has 0 atom stereocenters. The van der Waals surface area contributed by atoms with Crippen LogP contribution in [0.15, 0.2) is 0 Å². The van der Waals surface area contributed by atoms with E-state index in [4.69, 9.17) is 10.5 Å². The summed E-state index contributed by atoms with van der Waals surface area (Å²) >= 11 is 0. The third kappa shape index (κ3) is 8.58. The standard InChI is InChI=1S/C12H25NO2/c1-6-10(14)9-12(4,5)15-8-7-11(2,3)13/h6-9,13H2,1-5H3. The Morgan fingerprint density at radius 3 is 2.20 bits per heavy atom. The Balaban J connectivity index is 3.89. The smallest absolute Gasteiger partial charge is 0.135 e. The van der Waals surface area contributed by atoms with Crippen molar-refractivity contribution in [3.63, 3.8) is 0 Å². The van der Waals surface area contributed by atoms with Gasteiger partial charge in [-0.05, 0) is 34.1 Å². The van der Waals surface area contributed by atoms with Crippen LogP contribution in [0.1, 0.15) is 53.9 Å². The summed E-state index contributed by atoms with van der Waals surface area (Å²) in [5.41, 5.74) is 5.28. The number of carbonyl (C=O) groups excluding carboxylic acids is 1. The van der Waals surface area contributed by atoms with Crippen molar-refractivity contribution < 1.29 is 9.53 Å². The molecule has 15 heavy (non-hydrogen) atoms. The van der Waals surface area contributed by atoms with Crippen molar-refractivity contribution in [3.8, 4) is 0 Å². The van der Waals surface area contributed by atoms with Crippen LogP contribution in [-0.2, 0) is 9.53 Å². The minimum atomic E-state index is -0.363. The molecule has 0 aromatic carbocycles. The fraction of sp³-hybridized carbons (Fsp3) is 0.917. The predicted octanol–water partition coefficient (Wildman–Crippen LogP) is 2.28. The maximum absolute atomic E-state index is 11.3.